The number of methoxy groups -OCH3 is 1. The molecule has 3 aromatic heterocycles. The number of carbonyl (C=O) groups is 2. The Kier molecular flexibility index (Phi) is 5.97. The van der Waals surface area contributed by atoms with Gasteiger partial charge < -0.3 is 10.1 Å². The second-order valence-electron chi connectivity index (χ2n) is 8.39. The van der Waals surface area contributed by atoms with Crippen molar-refractivity contribution in [2.24, 2.45) is 0 Å². The lowest BCUT2D eigenvalue weighted by atomic mass is 10.0. The van der Waals surface area contributed by atoms with E-state index in [0.717, 1.165) is 33.1 Å². The molecule has 1 atom stereocenters. The fourth-order valence-corrected chi connectivity index (χ4v) is 4.23. The summed E-state index contributed by atoms with van der Waals surface area (Å²) in [5, 5.41) is 9.66. The van der Waals surface area contributed by atoms with E-state index >= 15 is 0 Å². The molecule has 1 N–H and O–H groups in total. The molecular weight excluding hydrogens is 440 g/mol. The highest BCUT2D eigenvalue weighted by molar-refractivity contribution is 6.01. The fourth-order valence-electron chi connectivity index (χ4n) is 4.23. The van der Waals surface area contributed by atoms with Gasteiger partial charge in [-0.15, -0.1) is 0 Å². The molecule has 35 heavy (non-hydrogen) atoms. The van der Waals surface area contributed by atoms with Crippen LogP contribution < -0.4 is 5.32 Å². The molecule has 2 aromatic carbocycles. The summed E-state index contributed by atoms with van der Waals surface area (Å²) in [4.78, 5) is 29.5. The number of benzene rings is 2. The summed E-state index contributed by atoms with van der Waals surface area (Å²) in [5.74, 6) is -0.614. The smallest absolute Gasteiger partial charge is 0.337 e. The maximum Gasteiger partial charge on any atom is 0.337 e. The average Bonchev–Trinajstić information content (AvgIpc) is 3.34. The van der Waals surface area contributed by atoms with Gasteiger partial charge in [0.15, 0.2) is 0 Å². The summed E-state index contributed by atoms with van der Waals surface area (Å²) >= 11 is 0. The van der Waals surface area contributed by atoms with Crippen molar-refractivity contribution in [3.05, 3.63) is 113 Å². The first-order valence-corrected chi connectivity index (χ1v) is 11.3. The van der Waals surface area contributed by atoms with Gasteiger partial charge in [-0.1, -0.05) is 42.5 Å². The minimum Gasteiger partial charge on any atom is -0.465 e. The van der Waals surface area contributed by atoms with Gasteiger partial charge in [0.25, 0.3) is 5.91 Å². The molecule has 174 valence electrons. The zero-order valence-corrected chi connectivity index (χ0v) is 19.4. The zero-order valence-electron chi connectivity index (χ0n) is 19.4. The van der Waals surface area contributed by atoms with Crippen LogP contribution in [0.3, 0.4) is 0 Å². The van der Waals surface area contributed by atoms with E-state index in [1.54, 1.807) is 22.8 Å². The number of aromatic nitrogens is 3. The molecule has 0 spiro atoms. The summed E-state index contributed by atoms with van der Waals surface area (Å²) in [6.45, 7) is 1.90. The van der Waals surface area contributed by atoms with Crippen molar-refractivity contribution in [3.63, 3.8) is 0 Å². The number of hydrogen-bond donors (Lipinski definition) is 1. The van der Waals surface area contributed by atoms with Crippen molar-refractivity contribution in [1.29, 1.82) is 0 Å². The van der Waals surface area contributed by atoms with Gasteiger partial charge in [0.2, 0.25) is 0 Å². The Bertz CT molecular complexity index is 1540. The molecule has 0 radical (unpaired) electrons. The minimum atomic E-state index is -0.395. The van der Waals surface area contributed by atoms with Crippen molar-refractivity contribution >= 4 is 28.2 Å². The molecule has 0 aliphatic carbocycles. The van der Waals surface area contributed by atoms with Crippen LogP contribution in [-0.2, 0) is 11.2 Å². The Morgan fingerprint density at radius 2 is 1.77 bits per heavy atom. The van der Waals surface area contributed by atoms with Gasteiger partial charge in [0, 0.05) is 29.9 Å². The number of hydrogen-bond acceptors (Lipinski definition) is 5. The van der Waals surface area contributed by atoms with Crippen molar-refractivity contribution < 1.29 is 14.3 Å². The predicted octanol–water partition coefficient (Wildman–Crippen LogP) is 4.75. The largest absolute Gasteiger partial charge is 0.465 e. The normalized spacial score (nSPS) is 11.9. The zero-order chi connectivity index (χ0) is 24.4. The second-order valence-corrected chi connectivity index (χ2v) is 8.39. The number of fused-ring (bicyclic) bond motifs is 2. The number of ether oxygens (including phenoxy) is 1. The van der Waals surface area contributed by atoms with Crippen LogP contribution in [0.4, 0.5) is 0 Å². The highest BCUT2D eigenvalue weighted by Crippen LogP contribution is 2.22. The van der Waals surface area contributed by atoms with Crippen LogP contribution in [0.5, 0.6) is 0 Å². The summed E-state index contributed by atoms with van der Waals surface area (Å²) < 4.78 is 6.47. The van der Waals surface area contributed by atoms with Gasteiger partial charge in [-0.2, -0.15) is 5.10 Å². The third-order valence-corrected chi connectivity index (χ3v) is 6.11. The van der Waals surface area contributed by atoms with Gasteiger partial charge in [-0.25, -0.2) is 9.31 Å². The Hall–Kier alpha value is -4.52. The predicted molar refractivity (Wildman–Crippen MR) is 133 cm³/mol. The first-order valence-electron chi connectivity index (χ1n) is 11.3. The minimum absolute atomic E-state index is 0.219. The molecule has 5 rings (SSSR count). The SMILES string of the molecule is COC(=O)c1ccc(C(C)NC(=O)c2cnn3cccc(Cc4cc5ccccc5cn4)c23)cc1. The second kappa shape index (κ2) is 9.38. The summed E-state index contributed by atoms with van der Waals surface area (Å²) in [5.41, 5.74) is 4.48. The molecule has 0 saturated heterocycles. The van der Waals surface area contributed by atoms with Crippen LogP contribution in [0, 0.1) is 0 Å². The molecule has 5 aromatic rings. The number of carbonyl (C=O) groups excluding carboxylic acids is 2. The van der Waals surface area contributed by atoms with E-state index in [0.29, 0.717) is 17.5 Å². The standard InChI is InChI=1S/C28H24N4O3/c1-18(19-9-11-20(12-10-19)28(34)35-2)31-27(33)25-17-30-32-13-5-8-22(26(25)32)15-24-14-21-6-3-4-7-23(21)16-29-24/h3-14,16-18H,15H2,1-2H3,(H,31,33). The van der Waals surface area contributed by atoms with E-state index in [1.165, 1.54) is 7.11 Å². The Balaban J connectivity index is 1.40. The highest BCUT2D eigenvalue weighted by Gasteiger charge is 2.19. The summed E-state index contributed by atoms with van der Waals surface area (Å²) in [6.07, 6.45) is 5.88. The maximum atomic E-state index is 13.3. The maximum absolute atomic E-state index is 13.3. The molecule has 0 bridgehead atoms. The van der Waals surface area contributed by atoms with E-state index in [9.17, 15) is 9.59 Å². The first-order chi connectivity index (χ1) is 17.0. The topological polar surface area (TPSA) is 85.6 Å². The lowest BCUT2D eigenvalue weighted by Gasteiger charge is -2.15. The van der Waals surface area contributed by atoms with E-state index in [4.69, 9.17) is 4.74 Å². The molecular formula is C28H24N4O3. The lowest BCUT2D eigenvalue weighted by molar-refractivity contribution is 0.0600. The van der Waals surface area contributed by atoms with Crippen molar-refractivity contribution in [2.45, 2.75) is 19.4 Å². The molecule has 7 heteroatoms. The summed E-state index contributed by atoms with van der Waals surface area (Å²) in [6, 6.07) is 20.8. The number of esters is 1. The van der Waals surface area contributed by atoms with E-state index in [-0.39, 0.29) is 11.9 Å². The molecule has 0 aliphatic heterocycles. The monoisotopic (exact) mass is 464 g/mol. The van der Waals surface area contributed by atoms with Gasteiger partial charge in [-0.3, -0.25) is 9.78 Å². The van der Waals surface area contributed by atoms with E-state index < -0.39 is 5.97 Å². The molecule has 0 fully saturated rings. The molecule has 0 saturated carbocycles. The average molecular weight is 465 g/mol. The number of nitrogens with zero attached hydrogens (tertiary/aromatic N) is 3. The van der Waals surface area contributed by atoms with Crippen LogP contribution in [-0.4, -0.2) is 33.6 Å². The van der Waals surface area contributed by atoms with E-state index in [2.05, 4.69) is 27.5 Å². The van der Waals surface area contributed by atoms with Gasteiger partial charge >= 0.3 is 5.97 Å². The Morgan fingerprint density at radius 3 is 2.54 bits per heavy atom. The molecule has 3 heterocycles. The summed E-state index contributed by atoms with van der Waals surface area (Å²) in [7, 11) is 1.35. The van der Waals surface area contributed by atoms with Gasteiger partial charge in [0.05, 0.1) is 36.0 Å². The van der Waals surface area contributed by atoms with Gasteiger partial charge in [0.1, 0.15) is 0 Å². The Labute approximate surface area is 202 Å². The van der Waals surface area contributed by atoms with Crippen LogP contribution in [0.1, 0.15) is 50.5 Å². The van der Waals surface area contributed by atoms with Crippen LogP contribution in [0.2, 0.25) is 0 Å². The van der Waals surface area contributed by atoms with Crippen LogP contribution >= 0.6 is 0 Å². The molecule has 0 aliphatic rings. The third kappa shape index (κ3) is 4.48. The number of pyridine rings is 2. The number of rotatable bonds is 6. The fraction of sp³-hybridized carbons (Fsp3) is 0.143. The highest BCUT2D eigenvalue weighted by atomic mass is 16.5. The number of nitrogens with one attached hydrogen (secondary N) is 1. The van der Waals surface area contributed by atoms with Crippen LogP contribution in [0.15, 0.2) is 85.3 Å². The van der Waals surface area contributed by atoms with Crippen molar-refractivity contribution in [3.8, 4) is 0 Å². The first kappa shape index (κ1) is 22.3. The molecule has 1 amide bonds. The van der Waals surface area contributed by atoms with E-state index in [1.807, 2.05) is 61.8 Å². The Morgan fingerprint density at radius 1 is 1.00 bits per heavy atom. The molecule has 7 nitrogen and oxygen atoms in total. The van der Waals surface area contributed by atoms with Crippen molar-refractivity contribution in [1.82, 2.24) is 19.9 Å². The lowest BCUT2D eigenvalue weighted by Crippen LogP contribution is -2.26. The van der Waals surface area contributed by atoms with Crippen molar-refractivity contribution in [2.75, 3.05) is 7.11 Å². The third-order valence-electron chi connectivity index (χ3n) is 6.11. The number of amides is 1. The van der Waals surface area contributed by atoms with Crippen LogP contribution in [0.25, 0.3) is 16.3 Å². The van der Waals surface area contributed by atoms with Gasteiger partial charge in [-0.05, 0) is 47.7 Å². The molecule has 1 unspecified atom stereocenters. The quantitative estimate of drug-likeness (QED) is 0.367.